The van der Waals surface area contributed by atoms with Crippen LogP contribution in [0.1, 0.15) is 37.0 Å². The van der Waals surface area contributed by atoms with E-state index in [0.29, 0.717) is 0 Å². The van der Waals surface area contributed by atoms with E-state index in [-0.39, 0.29) is 5.41 Å². The molecule has 0 saturated carbocycles. The summed E-state index contributed by atoms with van der Waals surface area (Å²) in [6.07, 6.45) is 2.07. The molecule has 11 rings (SSSR count). The van der Waals surface area contributed by atoms with Crippen molar-refractivity contribution in [3.8, 4) is 11.5 Å². The van der Waals surface area contributed by atoms with Crippen LogP contribution in [0.3, 0.4) is 0 Å². The zero-order valence-corrected chi connectivity index (χ0v) is 34.7. The fourth-order valence-electron chi connectivity index (χ4n) is 10.1. The Labute approximate surface area is 351 Å². The summed E-state index contributed by atoms with van der Waals surface area (Å²) in [7, 11) is 3.46. The largest absolute Gasteiger partial charge is 0.497 e. The van der Waals surface area contributed by atoms with Gasteiger partial charge in [0.25, 0.3) is 0 Å². The quantitative estimate of drug-likeness (QED) is 0.143. The number of hydrogen-bond acceptors (Lipinski definition) is 4. The maximum Gasteiger partial charge on any atom is 0.119 e. The van der Waals surface area contributed by atoms with Crippen molar-refractivity contribution >= 4 is 88.0 Å². The van der Waals surface area contributed by atoms with Crippen LogP contribution in [0.25, 0.3) is 53.9 Å². The summed E-state index contributed by atoms with van der Waals surface area (Å²) in [6.45, 7) is 7.15. The van der Waals surface area contributed by atoms with Crippen LogP contribution in [-0.2, 0) is 11.8 Å². The van der Waals surface area contributed by atoms with E-state index in [1.54, 1.807) is 14.2 Å². The Morgan fingerprint density at radius 1 is 0.450 bits per heavy atom. The first-order valence-electron chi connectivity index (χ1n) is 21.0. The lowest BCUT2D eigenvalue weighted by Gasteiger charge is -2.37. The third-order valence-corrected chi connectivity index (χ3v) is 13.2. The highest BCUT2D eigenvalue weighted by Gasteiger charge is 2.34. The predicted molar refractivity (Wildman–Crippen MR) is 254 cm³/mol. The van der Waals surface area contributed by atoms with Gasteiger partial charge in [-0.05, 0) is 148 Å². The Balaban J connectivity index is 1.28. The molecule has 10 aromatic carbocycles. The van der Waals surface area contributed by atoms with E-state index in [2.05, 4.69) is 194 Å². The van der Waals surface area contributed by atoms with Crippen molar-refractivity contribution in [1.29, 1.82) is 0 Å². The van der Waals surface area contributed by atoms with Crippen molar-refractivity contribution in [2.45, 2.75) is 39.0 Å². The molecule has 0 N–H and O–H groups in total. The molecule has 0 fully saturated rings. The molecular weight excluding hydrogens is 733 g/mol. The number of ether oxygens (including phenoxy) is 2. The summed E-state index contributed by atoms with van der Waals surface area (Å²) >= 11 is 0. The van der Waals surface area contributed by atoms with Gasteiger partial charge in [-0.3, -0.25) is 0 Å². The lowest BCUT2D eigenvalue weighted by Crippen LogP contribution is -2.24. The highest BCUT2D eigenvalue weighted by Crippen LogP contribution is 2.54. The minimum atomic E-state index is -0.0286. The molecule has 292 valence electrons. The first-order valence-corrected chi connectivity index (χ1v) is 21.0. The Kier molecular flexibility index (Phi) is 8.28. The van der Waals surface area contributed by atoms with Crippen molar-refractivity contribution in [1.82, 2.24) is 0 Å². The van der Waals surface area contributed by atoms with Crippen LogP contribution in [-0.4, -0.2) is 14.2 Å². The average Bonchev–Trinajstić information content (AvgIpc) is 3.29. The first-order chi connectivity index (χ1) is 29.3. The molecule has 10 aromatic rings. The molecule has 0 aliphatic heterocycles. The Hall–Kier alpha value is -7.04. The Bertz CT molecular complexity index is 3260. The van der Waals surface area contributed by atoms with E-state index in [4.69, 9.17) is 9.47 Å². The number of rotatable bonds is 8. The molecule has 0 bridgehead atoms. The maximum atomic E-state index is 5.67. The monoisotopic (exact) mass is 778 g/mol. The standard InChI is InChI=1S/C56H46N2O2/c1-35-32-51(57(39-20-24-41(59-4)25-21-39)49-18-10-14-36-12-6-8-16-44(36)49)47-34-48-53-38(30-31-56(48,2)3)33-52(46-29-28-43(35)54(47)55(46)53)58(40-22-26-42(60-5)27-23-40)50-19-11-15-37-13-7-9-17-45(37)50/h6-29,32-34H,30-31H2,1-5H3. The summed E-state index contributed by atoms with van der Waals surface area (Å²) < 4.78 is 11.3. The van der Waals surface area contributed by atoms with E-state index in [1.807, 2.05) is 0 Å². The third-order valence-electron chi connectivity index (χ3n) is 13.2. The summed E-state index contributed by atoms with van der Waals surface area (Å²) in [6, 6.07) is 60.1. The Morgan fingerprint density at radius 3 is 1.53 bits per heavy atom. The van der Waals surface area contributed by atoms with Gasteiger partial charge < -0.3 is 19.3 Å². The number of fused-ring (bicyclic) bond motifs is 2. The molecule has 4 nitrogen and oxygen atoms in total. The van der Waals surface area contributed by atoms with Crippen molar-refractivity contribution in [3.63, 3.8) is 0 Å². The van der Waals surface area contributed by atoms with Crippen LogP contribution >= 0.6 is 0 Å². The van der Waals surface area contributed by atoms with Crippen LogP contribution < -0.4 is 19.3 Å². The molecule has 0 amide bonds. The lowest BCUT2D eigenvalue weighted by molar-refractivity contribution is 0.414. The molecule has 0 saturated heterocycles. The molecule has 0 aromatic heterocycles. The minimum absolute atomic E-state index is 0.0286. The van der Waals surface area contributed by atoms with Gasteiger partial charge in [-0.2, -0.15) is 0 Å². The first kappa shape index (κ1) is 36.1. The smallest absolute Gasteiger partial charge is 0.119 e. The molecule has 1 aliphatic carbocycles. The minimum Gasteiger partial charge on any atom is -0.497 e. The summed E-state index contributed by atoms with van der Waals surface area (Å²) in [4.78, 5) is 4.96. The summed E-state index contributed by atoms with van der Waals surface area (Å²) in [5, 5.41) is 12.7. The van der Waals surface area contributed by atoms with Crippen molar-refractivity contribution < 1.29 is 9.47 Å². The lowest BCUT2D eigenvalue weighted by atomic mass is 9.70. The van der Waals surface area contributed by atoms with Gasteiger partial charge >= 0.3 is 0 Å². The van der Waals surface area contributed by atoms with Crippen molar-refractivity contribution in [3.05, 3.63) is 180 Å². The average molecular weight is 779 g/mol. The van der Waals surface area contributed by atoms with E-state index in [9.17, 15) is 0 Å². The number of nitrogens with zero attached hydrogens (tertiary/aromatic N) is 2. The van der Waals surface area contributed by atoms with Crippen LogP contribution in [0.4, 0.5) is 34.1 Å². The fourth-order valence-corrected chi connectivity index (χ4v) is 10.1. The van der Waals surface area contributed by atoms with Gasteiger partial charge in [0, 0.05) is 38.3 Å². The topological polar surface area (TPSA) is 24.9 Å². The zero-order chi connectivity index (χ0) is 40.7. The molecule has 0 unspecified atom stereocenters. The van der Waals surface area contributed by atoms with Gasteiger partial charge in [0.15, 0.2) is 0 Å². The summed E-state index contributed by atoms with van der Waals surface area (Å²) in [5.41, 5.74) is 10.9. The second-order valence-electron chi connectivity index (χ2n) is 17.0. The van der Waals surface area contributed by atoms with Gasteiger partial charge in [0.1, 0.15) is 11.5 Å². The highest BCUT2D eigenvalue weighted by molar-refractivity contribution is 6.30. The van der Waals surface area contributed by atoms with E-state index in [1.165, 1.54) is 81.9 Å². The molecule has 60 heavy (non-hydrogen) atoms. The van der Waals surface area contributed by atoms with Crippen LogP contribution in [0.2, 0.25) is 0 Å². The van der Waals surface area contributed by atoms with Gasteiger partial charge in [-0.15, -0.1) is 0 Å². The SMILES string of the molecule is COc1ccc(N(c2cccc3ccccc23)c2cc(C)c3ccc4c(N(c5ccc(OC)cc5)c5cccc6ccccc56)cc5c6c(cc2c3c46)C(C)(C)CC5)cc1. The number of methoxy groups -OCH3 is 2. The number of benzene rings is 10. The summed E-state index contributed by atoms with van der Waals surface area (Å²) in [5.74, 6) is 1.67. The number of aryl methyl sites for hydroxylation is 2. The van der Waals surface area contributed by atoms with Crippen molar-refractivity contribution in [2.24, 2.45) is 0 Å². The van der Waals surface area contributed by atoms with Crippen LogP contribution in [0, 0.1) is 6.92 Å². The fraction of sp³-hybridized carbons (Fsp3) is 0.143. The maximum absolute atomic E-state index is 5.67. The normalized spacial score (nSPS) is 13.4. The second kappa shape index (κ2) is 13.8. The van der Waals surface area contributed by atoms with Crippen molar-refractivity contribution in [2.75, 3.05) is 24.0 Å². The van der Waals surface area contributed by atoms with Gasteiger partial charge in [0.2, 0.25) is 0 Å². The van der Waals surface area contributed by atoms with Crippen LogP contribution in [0.15, 0.2) is 164 Å². The predicted octanol–water partition coefficient (Wildman–Crippen LogP) is 15.4. The number of hydrogen-bond donors (Lipinski definition) is 0. The molecule has 0 radical (unpaired) electrons. The van der Waals surface area contributed by atoms with Gasteiger partial charge in [-0.1, -0.05) is 98.8 Å². The molecule has 0 heterocycles. The highest BCUT2D eigenvalue weighted by atomic mass is 16.5. The molecular formula is C56H46N2O2. The van der Waals surface area contributed by atoms with Crippen LogP contribution in [0.5, 0.6) is 11.5 Å². The van der Waals surface area contributed by atoms with Gasteiger partial charge in [0.05, 0.1) is 37.0 Å². The zero-order valence-electron chi connectivity index (χ0n) is 34.7. The van der Waals surface area contributed by atoms with Gasteiger partial charge in [-0.25, -0.2) is 0 Å². The van der Waals surface area contributed by atoms with E-state index < -0.39 is 0 Å². The van der Waals surface area contributed by atoms with E-state index >= 15 is 0 Å². The Morgan fingerprint density at radius 2 is 0.967 bits per heavy atom. The third kappa shape index (κ3) is 5.51. The number of anilines is 6. The molecule has 1 aliphatic rings. The van der Waals surface area contributed by atoms with E-state index in [0.717, 1.165) is 47.1 Å². The second-order valence-corrected chi connectivity index (χ2v) is 17.0. The molecule has 0 atom stereocenters. The molecule has 0 spiro atoms. The molecule has 4 heteroatoms.